The molecule has 0 unspecified atom stereocenters. The van der Waals surface area contributed by atoms with Gasteiger partial charge < -0.3 is 9.84 Å². The number of rotatable bonds is 4. The fraction of sp³-hybridized carbons (Fsp3) is 0.273. The van der Waals surface area contributed by atoms with Gasteiger partial charge in [0.05, 0.1) is 17.1 Å². The van der Waals surface area contributed by atoms with Crippen molar-refractivity contribution in [1.29, 1.82) is 0 Å². The Morgan fingerprint density at radius 1 is 1.47 bits per heavy atom. The van der Waals surface area contributed by atoms with E-state index in [0.717, 1.165) is 6.54 Å². The molecule has 0 fully saturated rings. The predicted octanol–water partition coefficient (Wildman–Crippen LogP) is 2.64. The molecule has 4 nitrogen and oxygen atoms in total. The molecule has 90 valence electrons. The quantitative estimate of drug-likeness (QED) is 0.913. The van der Waals surface area contributed by atoms with Gasteiger partial charge in [0, 0.05) is 0 Å². The average molecular weight is 256 g/mol. The van der Waals surface area contributed by atoms with E-state index in [1.807, 2.05) is 6.92 Å². The summed E-state index contributed by atoms with van der Waals surface area (Å²) < 4.78 is 17.9. The first kappa shape index (κ1) is 12.0. The molecule has 0 saturated carbocycles. The van der Waals surface area contributed by atoms with Gasteiger partial charge in [-0.05, 0) is 24.7 Å². The Balaban J connectivity index is 2.24. The van der Waals surface area contributed by atoms with E-state index in [1.165, 1.54) is 18.2 Å². The molecule has 6 heteroatoms. The summed E-state index contributed by atoms with van der Waals surface area (Å²) in [6.07, 6.45) is 0. The highest BCUT2D eigenvalue weighted by Crippen LogP contribution is 2.26. The molecule has 0 amide bonds. The maximum Gasteiger partial charge on any atom is 0.259 e. The van der Waals surface area contributed by atoms with E-state index >= 15 is 0 Å². The lowest BCUT2D eigenvalue weighted by Crippen LogP contribution is -2.12. The summed E-state index contributed by atoms with van der Waals surface area (Å²) in [5, 5.41) is 7.12. The van der Waals surface area contributed by atoms with Gasteiger partial charge in [0.2, 0.25) is 0 Å². The average Bonchev–Trinajstić information content (AvgIpc) is 2.75. The number of benzene rings is 1. The second-order valence-electron chi connectivity index (χ2n) is 3.42. The van der Waals surface area contributed by atoms with Crippen molar-refractivity contribution in [3.8, 4) is 11.5 Å². The summed E-state index contributed by atoms with van der Waals surface area (Å²) in [7, 11) is 0. The summed E-state index contributed by atoms with van der Waals surface area (Å²) in [5.41, 5.74) is 0.531. The molecule has 0 aliphatic carbocycles. The van der Waals surface area contributed by atoms with E-state index in [2.05, 4.69) is 15.5 Å². The molecule has 0 spiro atoms. The van der Waals surface area contributed by atoms with Crippen molar-refractivity contribution in [2.45, 2.75) is 13.5 Å². The summed E-state index contributed by atoms with van der Waals surface area (Å²) in [6, 6.07) is 4.03. The van der Waals surface area contributed by atoms with Crippen molar-refractivity contribution in [3.63, 3.8) is 0 Å². The zero-order chi connectivity index (χ0) is 12.3. The van der Waals surface area contributed by atoms with Gasteiger partial charge in [-0.25, -0.2) is 4.39 Å². The van der Waals surface area contributed by atoms with Gasteiger partial charge in [0.15, 0.2) is 5.82 Å². The molecular formula is C11H11ClFN3O. The monoisotopic (exact) mass is 255 g/mol. The fourth-order valence-corrected chi connectivity index (χ4v) is 1.58. The zero-order valence-corrected chi connectivity index (χ0v) is 9.96. The van der Waals surface area contributed by atoms with Crippen molar-refractivity contribution in [2.24, 2.45) is 0 Å². The summed E-state index contributed by atoms with van der Waals surface area (Å²) >= 11 is 5.89. The van der Waals surface area contributed by atoms with Crippen molar-refractivity contribution < 1.29 is 8.91 Å². The van der Waals surface area contributed by atoms with E-state index in [1.54, 1.807) is 0 Å². The molecule has 1 heterocycles. The lowest BCUT2D eigenvalue weighted by atomic mass is 10.2. The van der Waals surface area contributed by atoms with E-state index in [0.29, 0.717) is 23.8 Å². The minimum absolute atomic E-state index is 0.253. The van der Waals surface area contributed by atoms with Crippen LogP contribution in [-0.4, -0.2) is 16.7 Å². The maximum absolute atomic E-state index is 12.9. The first-order valence-electron chi connectivity index (χ1n) is 5.19. The van der Waals surface area contributed by atoms with Crippen LogP contribution in [0.1, 0.15) is 12.7 Å². The predicted molar refractivity (Wildman–Crippen MR) is 62.1 cm³/mol. The number of halogens is 2. The first-order valence-corrected chi connectivity index (χ1v) is 5.57. The third-order valence-electron chi connectivity index (χ3n) is 2.16. The van der Waals surface area contributed by atoms with Crippen LogP contribution in [0.2, 0.25) is 5.02 Å². The summed E-state index contributed by atoms with van der Waals surface area (Å²) in [6.45, 7) is 3.33. The van der Waals surface area contributed by atoms with E-state index in [-0.39, 0.29) is 5.02 Å². The molecule has 0 aliphatic rings. The Morgan fingerprint density at radius 2 is 2.29 bits per heavy atom. The summed E-state index contributed by atoms with van der Waals surface area (Å²) in [4.78, 5) is 4.16. The zero-order valence-electron chi connectivity index (χ0n) is 9.20. The minimum Gasteiger partial charge on any atom is -0.334 e. The van der Waals surface area contributed by atoms with Gasteiger partial charge in [0.25, 0.3) is 5.89 Å². The van der Waals surface area contributed by atoms with Gasteiger partial charge in [-0.1, -0.05) is 23.7 Å². The van der Waals surface area contributed by atoms with Crippen molar-refractivity contribution in [2.75, 3.05) is 6.54 Å². The van der Waals surface area contributed by atoms with Crippen LogP contribution in [0, 0.1) is 5.82 Å². The lowest BCUT2D eigenvalue weighted by Gasteiger charge is -1.97. The molecule has 0 atom stereocenters. The van der Waals surface area contributed by atoms with Crippen LogP contribution < -0.4 is 5.32 Å². The van der Waals surface area contributed by atoms with Gasteiger partial charge in [-0.3, -0.25) is 0 Å². The van der Waals surface area contributed by atoms with Gasteiger partial charge in [-0.15, -0.1) is 0 Å². The Bertz CT molecular complexity index is 515. The molecule has 0 aliphatic heterocycles. The fourth-order valence-electron chi connectivity index (χ4n) is 1.33. The van der Waals surface area contributed by atoms with Crippen LogP contribution in [0.3, 0.4) is 0 Å². The molecular weight excluding hydrogens is 245 g/mol. The Kier molecular flexibility index (Phi) is 3.71. The standard InChI is InChI=1S/C11H11ClFN3O/c1-2-14-6-10-15-11(17-16-10)8-4-3-7(13)5-9(8)12/h3-5,14H,2,6H2,1H3. The van der Waals surface area contributed by atoms with Crippen LogP contribution in [0.25, 0.3) is 11.5 Å². The second-order valence-corrected chi connectivity index (χ2v) is 3.83. The second kappa shape index (κ2) is 5.25. The number of nitrogens with one attached hydrogen (secondary N) is 1. The number of hydrogen-bond acceptors (Lipinski definition) is 4. The number of hydrogen-bond donors (Lipinski definition) is 1. The topological polar surface area (TPSA) is 51.0 Å². The van der Waals surface area contributed by atoms with Crippen LogP contribution in [0.4, 0.5) is 4.39 Å². The highest BCUT2D eigenvalue weighted by Gasteiger charge is 2.12. The van der Waals surface area contributed by atoms with Crippen LogP contribution in [0.5, 0.6) is 0 Å². The SMILES string of the molecule is CCNCc1noc(-c2ccc(F)cc2Cl)n1. The lowest BCUT2D eigenvalue weighted by molar-refractivity contribution is 0.420. The third-order valence-corrected chi connectivity index (χ3v) is 2.48. The van der Waals surface area contributed by atoms with Crippen LogP contribution in [-0.2, 0) is 6.54 Å². The largest absolute Gasteiger partial charge is 0.334 e. The molecule has 1 aromatic carbocycles. The molecule has 17 heavy (non-hydrogen) atoms. The molecule has 0 bridgehead atoms. The molecule has 1 N–H and O–H groups in total. The van der Waals surface area contributed by atoms with Gasteiger partial charge >= 0.3 is 0 Å². The third kappa shape index (κ3) is 2.81. The normalized spacial score (nSPS) is 10.8. The van der Waals surface area contributed by atoms with E-state index < -0.39 is 5.82 Å². The van der Waals surface area contributed by atoms with Crippen molar-refractivity contribution in [1.82, 2.24) is 15.5 Å². The highest BCUT2D eigenvalue weighted by atomic mass is 35.5. The van der Waals surface area contributed by atoms with E-state index in [4.69, 9.17) is 16.1 Å². The first-order chi connectivity index (χ1) is 8.20. The molecule has 0 radical (unpaired) electrons. The highest BCUT2D eigenvalue weighted by molar-refractivity contribution is 6.33. The van der Waals surface area contributed by atoms with Crippen molar-refractivity contribution >= 4 is 11.6 Å². The Morgan fingerprint density at radius 3 is 3.00 bits per heavy atom. The molecule has 2 aromatic rings. The molecule has 0 saturated heterocycles. The van der Waals surface area contributed by atoms with Crippen LogP contribution in [0.15, 0.2) is 22.7 Å². The van der Waals surface area contributed by atoms with Gasteiger partial charge in [-0.2, -0.15) is 4.98 Å². The Hall–Kier alpha value is -1.46. The van der Waals surface area contributed by atoms with Crippen LogP contribution >= 0.6 is 11.6 Å². The maximum atomic E-state index is 12.9. The molecule has 2 rings (SSSR count). The summed E-state index contributed by atoms with van der Waals surface area (Å²) in [5.74, 6) is 0.441. The minimum atomic E-state index is -0.397. The number of aromatic nitrogens is 2. The van der Waals surface area contributed by atoms with Gasteiger partial charge in [0.1, 0.15) is 5.82 Å². The van der Waals surface area contributed by atoms with E-state index in [9.17, 15) is 4.39 Å². The Labute approximate surface area is 103 Å². The smallest absolute Gasteiger partial charge is 0.259 e. The molecule has 1 aromatic heterocycles. The number of nitrogens with zero attached hydrogens (tertiary/aromatic N) is 2. The van der Waals surface area contributed by atoms with Crippen molar-refractivity contribution in [3.05, 3.63) is 34.9 Å².